The Morgan fingerprint density at radius 3 is 2.19 bits per heavy atom. The predicted molar refractivity (Wildman–Crippen MR) is 156 cm³/mol. The Hall–Kier alpha value is -3.06. The van der Waals surface area contributed by atoms with Crippen molar-refractivity contribution in [2.75, 3.05) is 13.1 Å². The van der Waals surface area contributed by atoms with E-state index in [1.54, 1.807) is 6.20 Å². The van der Waals surface area contributed by atoms with Gasteiger partial charge in [-0.2, -0.15) is 0 Å². The van der Waals surface area contributed by atoms with Gasteiger partial charge in [0.2, 0.25) is 0 Å². The Morgan fingerprint density at radius 1 is 1.17 bits per heavy atom. The minimum absolute atomic E-state index is 0. The number of aromatic amines is 1. The molecule has 0 bridgehead atoms. The van der Waals surface area contributed by atoms with Crippen LogP contribution >= 0.6 is 0 Å². The zero-order chi connectivity index (χ0) is 26.3. The van der Waals surface area contributed by atoms with Gasteiger partial charge in [0.15, 0.2) is 0 Å². The molecule has 0 amide bonds. The van der Waals surface area contributed by atoms with Gasteiger partial charge in [-0.15, -0.1) is 0 Å². The van der Waals surface area contributed by atoms with Gasteiger partial charge in [0.25, 0.3) is 0 Å². The number of nitrogens with zero attached hydrogens (tertiary/aromatic N) is 5. The molecule has 4 rings (SSSR count). The van der Waals surface area contributed by atoms with Crippen LogP contribution in [0, 0.1) is 26.2 Å². The summed E-state index contributed by atoms with van der Waals surface area (Å²) < 4.78 is 0. The normalized spacial score (nSPS) is 18.2. The third kappa shape index (κ3) is 7.23. The van der Waals surface area contributed by atoms with Crippen LogP contribution in [-0.2, 0) is 0 Å². The van der Waals surface area contributed by atoms with Crippen LogP contribution in [0.2, 0.25) is 0 Å². The molecule has 36 heavy (non-hydrogen) atoms. The Bertz CT molecular complexity index is 1160. The van der Waals surface area contributed by atoms with Gasteiger partial charge in [0, 0.05) is 59.4 Å². The number of nitrogens with two attached hydrogens (primary N) is 1. The Morgan fingerprint density at radius 2 is 1.75 bits per heavy atom. The smallest absolute Gasteiger partial charge is 0.138 e. The van der Waals surface area contributed by atoms with Crippen LogP contribution < -0.4 is 16.3 Å². The van der Waals surface area contributed by atoms with Gasteiger partial charge in [-0.3, -0.25) is 4.99 Å². The second-order valence-corrected chi connectivity index (χ2v) is 9.42. The highest BCUT2D eigenvalue weighted by Crippen LogP contribution is 2.52. The van der Waals surface area contributed by atoms with E-state index in [9.17, 15) is 0 Å². The minimum Gasteiger partial charge on any atom is -0.354 e. The highest BCUT2D eigenvalue weighted by Gasteiger charge is 2.54. The van der Waals surface area contributed by atoms with E-state index in [4.69, 9.17) is 10.7 Å². The van der Waals surface area contributed by atoms with Crippen molar-refractivity contribution in [1.82, 2.24) is 19.9 Å². The van der Waals surface area contributed by atoms with Crippen LogP contribution in [0.25, 0.3) is 12.4 Å². The lowest BCUT2D eigenvalue weighted by atomic mass is 10.0. The molecule has 3 heterocycles. The first-order valence-corrected chi connectivity index (χ1v) is 12.4. The topological polar surface area (TPSA) is 95.5 Å². The Kier molecular flexibility index (Phi) is 11.4. The third-order valence-electron chi connectivity index (χ3n) is 6.34. The van der Waals surface area contributed by atoms with Gasteiger partial charge >= 0.3 is 0 Å². The van der Waals surface area contributed by atoms with E-state index in [1.165, 1.54) is 12.8 Å². The standard InChI is InChI=1S/C20H29N5.C6H8N2.C2H6.CH4/c1-7-22-15(6)18-13(4)17(14(5)24-18)19(23-12(2)3)25-10-16(21)20(11-25)8-9-20;1-5-3-7-6(2)8-4-5;1-2;/h7,16,24H,1,5,8-11,21H2,2-4,6H3;3-4H,1-2H3;1-2H3;1H4/b19-17+,22-15?;;;. The summed E-state index contributed by atoms with van der Waals surface area (Å²) in [6.45, 7) is 25.7. The summed E-state index contributed by atoms with van der Waals surface area (Å²) in [5.41, 5.74) is 11.9. The fraction of sp³-hybridized carbons (Fsp3) is 0.517. The largest absolute Gasteiger partial charge is 0.354 e. The minimum atomic E-state index is 0. The van der Waals surface area contributed by atoms with E-state index in [-0.39, 0.29) is 13.5 Å². The maximum absolute atomic E-state index is 6.42. The number of H-pyrrole nitrogens is 1. The molecule has 7 heteroatoms. The molecule has 2 aromatic heterocycles. The second kappa shape index (κ2) is 13.3. The van der Waals surface area contributed by atoms with E-state index in [1.807, 2.05) is 60.9 Å². The first-order chi connectivity index (χ1) is 16.6. The molecule has 1 unspecified atom stereocenters. The van der Waals surface area contributed by atoms with Crippen molar-refractivity contribution in [3.05, 3.63) is 58.4 Å². The summed E-state index contributed by atoms with van der Waals surface area (Å²) in [5, 5.41) is 1.94. The number of aromatic nitrogens is 3. The van der Waals surface area contributed by atoms with Gasteiger partial charge < -0.3 is 15.6 Å². The molecular weight excluding hydrogens is 446 g/mol. The van der Waals surface area contributed by atoms with Gasteiger partial charge in [-0.25, -0.2) is 15.0 Å². The number of hydrogen-bond donors (Lipinski definition) is 2. The average Bonchev–Trinajstić information content (AvgIpc) is 3.44. The van der Waals surface area contributed by atoms with E-state index >= 15 is 0 Å². The molecule has 1 aliphatic carbocycles. The zero-order valence-electron chi connectivity index (χ0n) is 22.9. The highest BCUT2D eigenvalue weighted by atomic mass is 15.3. The number of rotatable bonds is 4. The molecule has 1 saturated heterocycles. The van der Waals surface area contributed by atoms with Gasteiger partial charge in [-0.1, -0.05) is 34.4 Å². The highest BCUT2D eigenvalue weighted by molar-refractivity contribution is 5.99. The van der Waals surface area contributed by atoms with Crippen molar-refractivity contribution in [1.29, 1.82) is 0 Å². The maximum Gasteiger partial charge on any atom is 0.138 e. The lowest BCUT2D eigenvalue weighted by Gasteiger charge is -2.19. The molecule has 0 aromatic carbocycles. The SMILES string of the molecule is C.C=CN=C(C)c1[nH]c(=C)/c(=C(\N=C(C)C)N2CC(N)C3(CC3)C2)c1C.CC.Cc1cnc(C)nc1. The fourth-order valence-corrected chi connectivity index (χ4v) is 4.32. The van der Waals surface area contributed by atoms with Crippen LogP contribution in [-0.4, -0.2) is 50.4 Å². The molecule has 2 aromatic rings. The van der Waals surface area contributed by atoms with Crippen molar-refractivity contribution >= 4 is 23.8 Å². The molecule has 2 aliphatic rings. The zero-order valence-corrected chi connectivity index (χ0v) is 22.9. The first-order valence-electron chi connectivity index (χ1n) is 12.4. The average molecular weight is 494 g/mol. The number of hydrogen-bond acceptors (Lipinski definition) is 6. The maximum atomic E-state index is 6.42. The Balaban J connectivity index is 0.000000499. The van der Waals surface area contributed by atoms with Gasteiger partial charge in [0.1, 0.15) is 11.6 Å². The van der Waals surface area contributed by atoms with Crippen LogP contribution in [0.15, 0.2) is 35.2 Å². The van der Waals surface area contributed by atoms with E-state index in [2.05, 4.69) is 44.9 Å². The molecule has 7 nitrogen and oxygen atoms in total. The molecule has 2 fully saturated rings. The third-order valence-corrected chi connectivity index (χ3v) is 6.34. The summed E-state index contributed by atoms with van der Waals surface area (Å²) in [7, 11) is 0. The molecule has 1 atom stereocenters. The van der Waals surface area contributed by atoms with Crippen molar-refractivity contribution in [3.8, 4) is 0 Å². The van der Waals surface area contributed by atoms with Crippen molar-refractivity contribution < 1.29 is 0 Å². The fourth-order valence-electron chi connectivity index (χ4n) is 4.32. The molecule has 198 valence electrons. The van der Waals surface area contributed by atoms with Gasteiger partial charge in [-0.05, 0) is 65.5 Å². The number of nitrogens with one attached hydrogen (secondary N) is 1. The van der Waals surface area contributed by atoms with Crippen LogP contribution in [0.4, 0.5) is 0 Å². The number of likely N-dealkylation sites (tertiary alicyclic amines) is 1. The van der Waals surface area contributed by atoms with Crippen molar-refractivity contribution in [2.45, 2.75) is 81.7 Å². The van der Waals surface area contributed by atoms with E-state index < -0.39 is 0 Å². The van der Waals surface area contributed by atoms with Gasteiger partial charge in [0.05, 0.1) is 11.4 Å². The first kappa shape index (κ1) is 31.0. The van der Waals surface area contributed by atoms with E-state index in [0.717, 1.165) is 63.5 Å². The molecule has 1 saturated carbocycles. The van der Waals surface area contributed by atoms with E-state index in [0.29, 0.717) is 5.41 Å². The van der Waals surface area contributed by atoms with Crippen LogP contribution in [0.3, 0.4) is 0 Å². The molecule has 1 spiro atoms. The molecular formula is C29H47N7. The summed E-state index contributed by atoms with van der Waals surface area (Å²) in [4.78, 5) is 22.9. The van der Waals surface area contributed by atoms with Crippen LogP contribution in [0.1, 0.15) is 77.5 Å². The van der Waals surface area contributed by atoms with Crippen LogP contribution in [0.5, 0.6) is 0 Å². The summed E-state index contributed by atoms with van der Waals surface area (Å²) >= 11 is 0. The monoisotopic (exact) mass is 493 g/mol. The summed E-state index contributed by atoms with van der Waals surface area (Å²) in [6.07, 6.45) is 7.64. The Labute approximate surface area is 218 Å². The molecule has 0 radical (unpaired) electrons. The molecule has 1 aliphatic heterocycles. The second-order valence-electron chi connectivity index (χ2n) is 9.42. The summed E-state index contributed by atoms with van der Waals surface area (Å²) in [6, 6.07) is 0.228. The molecule has 3 N–H and O–H groups in total. The summed E-state index contributed by atoms with van der Waals surface area (Å²) in [5.74, 6) is 1.81. The van der Waals surface area contributed by atoms with Crippen molar-refractivity contribution in [2.24, 2.45) is 21.1 Å². The lowest BCUT2D eigenvalue weighted by Crippen LogP contribution is -2.34. The number of aliphatic imine (C=N–C) groups is 2. The van der Waals surface area contributed by atoms with Crippen molar-refractivity contribution in [3.63, 3.8) is 0 Å². The predicted octanol–water partition coefficient (Wildman–Crippen LogP) is 4.41. The number of aryl methyl sites for hydroxylation is 2. The quantitative estimate of drug-likeness (QED) is 0.617. The lowest BCUT2D eigenvalue weighted by molar-refractivity contribution is 0.439.